The highest BCUT2D eigenvalue weighted by Gasteiger charge is 2.37. The molecule has 0 bridgehead atoms. The van der Waals surface area contributed by atoms with Crippen LogP contribution in [0.25, 0.3) is 0 Å². The Balaban J connectivity index is 2.04. The first-order chi connectivity index (χ1) is 13.4. The minimum Gasteiger partial charge on any atom is -0.508 e. The maximum atomic E-state index is 12.8. The van der Waals surface area contributed by atoms with Crippen molar-refractivity contribution in [3.63, 3.8) is 0 Å². The van der Waals surface area contributed by atoms with Crippen molar-refractivity contribution in [2.75, 3.05) is 11.9 Å². The molecule has 0 aromatic heterocycles. The van der Waals surface area contributed by atoms with E-state index in [0.29, 0.717) is 12.1 Å². The van der Waals surface area contributed by atoms with Gasteiger partial charge < -0.3 is 15.7 Å². The fourth-order valence-electron chi connectivity index (χ4n) is 2.28. The van der Waals surface area contributed by atoms with E-state index in [1.54, 1.807) is 17.4 Å². The van der Waals surface area contributed by atoms with Crippen LogP contribution >= 0.6 is 0 Å². The zero-order valence-electron chi connectivity index (χ0n) is 14.5. The van der Waals surface area contributed by atoms with Crippen molar-refractivity contribution in [3.05, 3.63) is 59.2 Å². The van der Waals surface area contributed by atoms with E-state index >= 15 is 0 Å². The van der Waals surface area contributed by atoms with Gasteiger partial charge in [0.1, 0.15) is 5.75 Å². The van der Waals surface area contributed by atoms with Crippen LogP contribution in [-0.4, -0.2) is 23.5 Å². The van der Waals surface area contributed by atoms with Crippen molar-refractivity contribution in [1.29, 1.82) is 0 Å². The van der Waals surface area contributed by atoms with Gasteiger partial charge in [-0.05, 0) is 42.3 Å². The maximum absolute atomic E-state index is 12.8. The molecule has 29 heavy (non-hydrogen) atoms. The molecule has 0 radical (unpaired) electrons. The van der Waals surface area contributed by atoms with Crippen molar-refractivity contribution in [2.45, 2.75) is 18.8 Å². The Hall–Kier alpha value is -3.24. The number of hydrogen-bond acceptors (Lipinski definition) is 3. The Labute approximate surface area is 160 Å². The fourth-order valence-corrected chi connectivity index (χ4v) is 2.28. The zero-order valence-corrected chi connectivity index (χ0v) is 14.5. The molecule has 11 heteroatoms. The van der Waals surface area contributed by atoms with Gasteiger partial charge in [-0.15, -0.1) is 0 Å². The second-order valence-electron chi connectivity index (χ2n) is 5.92. The zero-order chi connectivity index (χ0) is 21.8. The number of aromatic hydroxyl groups is 1. The number of alkyl halides is 6. The summed E-state index contributed by atoms with van der Waals surface area (Å²) >= 11 is 0. The van der Waals surface area contributed by atoms with Gasteiger partial charge in [-0.2, -0.15) is 26.3 Å². The van der Waals surface area contributed by atoms with Crippen LogP contribution < -0.4 is 10.6 Å². The van der Waals surface area contributed by atoms with Crippen LogP contribution in [0.5, 0.6) is 5.75 Å². The molecule has 3 N–H and O–H groups in total. The standard InChI is InChI=1S/C18H14F6N2O3/c19-17(20,21)11-7-12(18(22,23)24)9-13(8-11)26-16(29)15(28)25-6-5-10-1-3-14(27)4-2-10/h1-4,7-9,27H,5-6H2,(H,25,28)(H,26,29). The Bertz CT molecular complexity index is 860. The van der Waals surface area contributed by atoms with Gasteiger partial charge in [0.25, 0.3) is 0 Å². The molecule has 0 aliphatic carbocycles. The normalized spacial score (nSPS) is 11.8. The molecule has 2 amide bonds. The lowest BCUT2D eigenvalue weighted by Crippen LogP contribution is -2.36. The number of carbonyl (C=O) groups is 2. The number of benzene rings is 2. The van der Waals surface area contributed by atoms with E-state index in [2.05, 4.69) is 5.32 Å². The van der Waals surface area contributed by atoms with Crippen molar-refractivity contribution in [1.82, 2.24) is 5.32 Å². The molecule has 0 aliphatic rings. The third-order valence-electron chi connectivity index (χ3n) is 3.69. The summed E-state index contributed by atoms with van der Waals surface area (Å²) in [6.45, 7) is -0.0204. The number of hydrogen-bond donors (Lipinski definition) is 3. The highest BCUT2D eigenvalue weighted by molar-refractivity contribution is 6.39. The molecule has 0 aliphatic heterocycles. The van der Waals surface area contributed by atoms with Gasteiger partial charge in [-0.3, -0.25) is 9.59 Å². The predicted molar refractivity (Wildman–Crippen MR) is 89.9 cm³/mol. The molecular formula is C18H14F6N2O3. The Morgan fingerprint density at radius 1 is 0.828 bits per heavy atom. The molecule has 2 aromatic carbocycles. The van der Waals surface area contributed by atoms with E-state index in [4.69, 9.17) is 5.11 Å². The summed E-state index contributed by atoms with van der Waals surface area (Å²) < 4.78 is 76.9. The minimum atomic E-state index is -5.08. The number of phenols is 1. The van der Waals surface area contributed by atoms with Gasteiger partial charge in [0.05, 0.1) is 11.1 Å². The highest BCUT2D eigenvalue weighted by atomic mass is 19.4. The van der Waals surface area contributed by atoms with Crippen LogP contribution in [0.2, 0.25) is 0 Å². The summed E-state index contributed by atoms with van der Waals surface area (Å²) in [6.07, 6.45) is -9.87. The van der Waals surface area contributed by atoms with Crippen LogP contribution in [0.1, 0.15) is 16.7 Å². The second kappa shape index (κ2) is 8.41. The number of rotatable bonds is 4. The molecular weight excluding hydrogens is 406 g/mol. The lowest BCUT2D eigenvalue weighted by Gasteiger charge is -2.14. The second-order valence-corrected chi connectivity index (χ2v) is 5.92. The van der Waals surface area contributed by atoms with E-state index in [-0.39, 0.29) is 24.8 Å². The van der Waals surface area contributed by atoms with Crippen molar-refractivity contribution in [3.8, 4) is 5.75 Å². The molecule has 0 saturated carbocycles. The van der Waals surface area contributed by atoms with Crippen molar-refractivity contribution < 1.29 is 41.0 Å². The third-order valence-corrected chi connectivity index (χ3v) is 3.69. The summed E-state index contributed by atoms with van der Waals surface area (Å²) in [4.78, 5) is 23.6. The third kappa shape index (κ3) is 6.40. The minimum absolute atomic E-state index is 0.0204. The molecule has 156 valence electrons. The molecule has 2 aromatic rings. The molecule has 5 nitrogen and oxygen atoms in total. The average Bonchev–Trinajstić information content (AvgIpc) is 2.61. The summed E-state index contributed by atoms with van der Waals surface area (Å²) in [5.74, 6) is -2.60. The highest BCUT2D eigenvalue weighted by Crippen LogP contribution is 2.37. The van der Waals surface area contributed by atoms with Gasteiger partial charge in [0.15, 0.2) is 0 Å². The first-order valence-corrected chi connectivity index (χ1v) is 8.03. The van der Waals surface area contributed by atoms with Crippen molar-refractivity contribution >= 4 is 17.5 Å². The summed E-state index contributed by atoms with van der Waals surface area (Å²) in [7, 11) is 0. The number of anilines is 1. The van der Waals surface area contributed by atoms with E-state index < -0.39 is 41.0 Å². The monoisotopic (exact) mass is 420 g/mol. The van der Waals surface area contributed by atoms with Crippen LogP contribution in [0.4, 0.5) is 32.0 Å². The quantitative estimate of drug-likeness (QED) is 0.521. The van der Waals surface area contributed by atoms with Crippen LogP contribution in [0.3, 0.4) is 0 Å². The van der Waals surface area contributed by atoms with Crippen LogP contribution in [0, 0.1) is 0 Å². The first kappa shape index (κ1) is 22.1. The molecule has 0 saturated heterocycles. The van der Waals surface area contributed by atoms with Gasteiger partial charge in [0, 0.05) is 12.2 Å². The summed E-state index contributed by atoms with van der Waals surface area (Å²) in [5.41, 5.74) is -3.33. The Morgan fingerprint density at radius 3 is 1.83 bits per heavy atom. The predicted octanol–water partition coefficient (Wildman–Crippen LogP) is 3.73. The van der Waals surface area contributed by atoms with Gasteiger partial charge in [-0.25, -0.2) is 0 Å². The van der Waals surface area contributed by atoms with Gasteiger partial charge >= 0.3 is 24.2 Å². The topological polar surface area (TPSA) is 78.4 Å². The lowest BCUT2D eigenvalue weighted by molar-refractivity contribution is -0.143. The summed E-state index contributed by atoms with van der Waals surface area (Å²) in [5, 5.41) is 13.1. The van der Waals surface area contributed by atoms with Gasteiger partial charge in [-0.1, -0.05) is 12.1 Å². The molecule has 0 atom stereocenters. The largest absolute Gasteiger partial charge is 0.508 e. The fraction of sp³-hybridized carbons (Fsp3) is 0.222. The van der Waals surface area contributed by atoms with E-state index in [0.717, 1.165) is 5.56 Å². The number of amides is 2. The molecule has 0 fully saturated rings. The van der Waals surface area contributed by atoms with Crippen LogP contribution in [0.15, 0.2) is 42.5 Å². The molecule has 2 rings (SSSR count). The molecule has 0 spiro atoms. The maximum Gasteiger partial charge on any atom is 0.416 e. The molecule has 0 unspecified atom stereocenters. The first-order valence-electron chi connectivity index (χ1n) is 8.03. The number of halogens is 6. The molecule has 0 heterocycles. The average molecular weight is 420 g/mol. The van der Waals surface area contributed by atoms with E-state index in [1.807, 2.05) is 0 Å². The number of nitrogens with one attached hydrogen (secondary N) is 2. The SMILES string of the molecule is O=C(NCCc1ccc(O)cc1)C(=O)Nc1cc(C(F)(F)F)cc(C(F)(F)F)c1. The summed E-state index contributed by atoms with van der Waals surface area (Å²) in [6, 6.07) is 6.48. The lowest BCUT2D eigenvalue weighted by atomic mass is 10.1. The van der Waals surface area contributed by atoms with Crippen LogP contribution in [-0.2, 0) is 28.4 Å². The number of carbonyl (C=O) groups excluding carboxylic acids is 2. The van der Waals surface area contributed by atoms with E-state index in [1.165, 1.54) is 12.1 Å². The Kier molecular flexibility index (Phi) is 6.40. The van der Waals surface area contributed by atoms with Crippen molar-refractivity contribution in [2.24, 2.45) is 0 Å². The van der Waals surface area contributed by atoms with Gasteiger partial charge in [0.2, 0.25) is 0 Å². The smallest absolute Gasteiger partial charge is 0.416 e. The van der Waals surface area contributed by atoms with E-state index in [9.17, 15) is 35.9 Å². The Morgan fingerprint density at radius 2 is 1.34 bits per heavy atom. The number of phenolic OH excluding ortho intramolecular Hbond substituents is 1.